The molecule has 0 aliphatic rings. The van der Waals surface area contributed by atoms with Crippen LogP contribution in [0.5, 0.6) is 0 Å². The van der Waals surface area contributed by atoms with Crippen LogP contribution in [0.1, 0.15) is 213 Å². The molecule has 0 fully saturated rings. The molecule has 0 rings (SSSR count). The molecule has 0 aromatic carbocycles. The number of unbranched alkanes of at least 4 members (excludes halogenated alkanes) is 15. The van der Waals surface area contributed by atoms with Crippen LogP contribution in [0.15, 0.2) is 146 Å². The molecule has 0 aromatic rings. The first-order valence-electron chi connectivity index (χ1n) is 30.5. The molecule has 78 heavy (non-hydrogen) atoms. The molecule has 0 spiro atoms. The van der Waals surface area contributed by atoms with Crippen LogP contribution in [-0.2, 0) is 33.3 Å². The molecule has 9 heteroatoms. The van der Waals surface area contributed by atoms with Crippen molar-refractivity contribution in [2.75, 3.05) is 47.5 Å². The summed E-state index contributed by atoms with van der Waals surface area (Å²) in [7, 11) is 5.95. The zero-order valence-electron chi connectivity index (χ0n) is 50.0. The molecule has 2 unspecified atom stereocenters. The first kappa shape index (κ1) is 73.2. The lowest BCUT2D eigenvalue weighted by Crippen LogP contribution is -2.40. The molecule has 0 heterocycles. The Labute approximate surface area is 477 Å². The summed E-state index contributed by atoms with van der Waals surface area (Å²) in [5, 5.41) is 9.68. The average molecular weight is 1080 g/mol. The van der Waals surface area contributed by atoms with Gasteiger partial charge in [0.25, 0.3) is 6.29 Å². The van der Waals surface area contributed by atoms with Crippen LogP contribution in [0.4, 0.5) is 0 Å². The quantitative estimate of drug-likeness (QED) is 0.0211. The highest BCUT2D eigenvalue weighted by Gasteiger charge is 2.25. The second kappa shape index (κ2) is 58.3. The zero-order valence-corrected chi connectivity index (χ0v) is 50.0. The Hall–Kier alpha value is -4.83. The number of carbonyl (C=O) groups is 3. The summed E-state index contributed by atoms with van der Waals surface area (Å²) in [4.78, 5) is 37.3. The predicted octanol–water partition coefficient (Wildman–Crippen LogP) is 18.4. The van der Waals surface area contributed by atoms with Crippen molar-refractivity contribution in [2.24, 2.45) is 0 Å². The molecule has 0 aliphatic heterocycles. The minimum Gasteiger partial charge on any atom is -0.477 e. The van der Waals surface area contributed by atoms with Crippen molar-refractivity contribution < 1.29 is 42.9 Å². The number of hydrogen-bond donors (Lipinski definition) is 1. The van der Waals surface area contributed by atoms with E-state index in [0.29, 0.717) is 17.4 Å². The summed E-state index contributed by atoms with van der Waals surface area (Å²) in [5.41, 5.74) is 0. The fourth-order valence-corrected chi connectivity index (χ4v) is 7.66. The third-order valence-corrected chi connectivity index (χ3v) is 12.3. The Morgan fingerprint density at radius 2 is 0.731 bits per heavy atom. The molecular weight excluding hydrogens is 971 g/mol. The molecule has 440 valence electrons. The van der Waals surface area contributed by atoms with Gasteiger partial charge in [-0.1, -0.05) is 224 Å². The fourth-order valence-electron chi connectivity index (χ4n) is 7.66. The van der Waals surface area contributed by atoms with Crippen LogP contribution in [0.2, 0.25) is 0 Å². The highest BCUT2D eigenvalue weighted by atomic mass is 16.7. The number of carboxylic acid groups (broad SMARTS) is 1. The lowest BCUT2D eigenvalue weighted by molar-refractivity contribution is -0.870. The van der Waals surface area contributed by atoms with Gasteiger partial charge in [0.1, 0.15) is 13.2 Å². The smallest absolute Gasteiger partial charge is 0.361 e. The van der Waals surface area contributed by atoms with E-state index in [1.54, 1.807) is 0 Å². The number of likely N-dealkylation sites (N-methyl/N-ethyl adjacent to an activating group) is 1. The van der Waals surface area contributed by atoms with Crippen molar-refractivity contribution in [1.82, 2.24) is 0 Å². The number of nitrogens with zero attached hydrogens (tertiary/aromatic N) is 1. The van der Waals surface area contributed by atoms with Crippen LogP contribution in [0.3, 0.4) is 0 Å². The van der Waals surface area contributed by atoms with Crippen molar-refractivity contribution in [3.8, 4) is 0 Å². The Morgan fingerprint density at radius 3 is 1.10 bits per heavy atom. The number of aliphatic carboxylic acids is 1. The van der Waals surface area contributed by atoms with Crippen molar-refractivity contribution in [3.05, 3.63) is 146 Å². The molecule has 0 aromatic heterocycles. The van der Waals surface area contributed by atoms with Gasteiger partial charge < -0.3 is 28.5 Å². The van der Waals surface area contributed by atoms with Crippen molar-refractivity contribution >= 4 is 17.9 Å². The minimum atomic E-state index is -1.52. The monoisotopic (exact) mass is 1080 g/mol. The third-order valence-electron chi connectivity index (χ3n) is 12.3. The Morgan fingerprint density at radius 1 is 0.397 bits per heavy atom. The van der Waals surface area contributed by atoms with Crippen molar-refractivity contribution in [3.63, 3.8) is 0 Å². The molecule has 0 aliphatic carbocycles. The zero-order chi connectivity index (χ0) is 56.9. The molecule has 0 amide bonds. The molecule has 2 atom stereocenters. The van der Waals surface area contributed by atoms with Gasteiger partial charge in [0.2, 0.25) is 0 Å². The van der Waals surface area contributed by atoms with Crippen molar-refractivity contribution in [1.29, 1.82) is 0 Å². The van der Waals surface area contributed by atoms with E-state index in [9.17, 15) is 19.5 Å². The molecule has 9 nitrogen and oxygen atoms in total. The Kier molecular flexibility index (Phi) is 54.7. The van der Waals surface area contributed by atoms with E-state index in [0.717, 1.165) is 135 Å². The molecular formula is C69H112NO8+. The highest BCUT2D eigenvalue weighted by Crippen LogP contribution is 2.14. The van der Waals surface area contributed by atoms with E-state index < -0.39 is 24.3 Å². The third kappa shape index (κ3) is 58.8. The topological polar surface area (TPSA) is 108 Å². The van der Waals surface area contributed by atoms with Gasteiger partial charge >= 0.3 is 17.9 Å². The summed E-state index contributed by atoms with van der Waals surface area (Å²) in [6.45, 7) is 4.68. The highest BCUT2D eigenvalue weighted by molar-refractivity contribution is 5.71. The van der Waals surface area contributed by atoms with Gasteiger partial charge in [-0.3, -0.25) is 9.59 Å². The van der Waals surface area contributed by atoms with E-state index in [-0.39, 0.29) is 38.6 Å². The number of carbonyl (C=O) groups excluding carboxylic acids is 2. The predicted molar refractivity (Wildman–Crippen MR) is 331 cm³/mol. The molecule has 0 saturated carbocycles. The van der Waals surface area contributed by atoms with Gasteiger partial charge in [-0.15, -0.1) is 0 Å². The molecule has 1 N–H and O–H groups in total. The standard InChI is InChI=1S/C69H111NO8/c1-6-8-10-12-14-16-18-20-21-22-23-24-25-26-27-28-29-30-31-32-33-34-35-36-37-38-39-40-41-42-43-44-45-46-47-48-50-52-54-56-58-60-67(72)78-65(64-77-69(68(73)74)75-62-61-70(3,4)5)63-76-66(71)59-57-55-53-51-49-19-17-15-13-11-9-7-2/h8,10,14-17,20-21,23-24,26-27,29-30,32-33,35-36,38-39,41-42,44-45,65,69H,6-7,9,11-13,18-19,22,25,28,31,34,37,40,43,46-64H2,1-5H3/p+1/b10-8-,16-14-,17-15-,21-20-,24-23-,27-26-,30-29-,33-32-,36-35-,39-38-,42-41-,45-44-. The number of hydrogen-bond acceptors (Lipinski definition) is 7. The van der Waals surface area contributed by atoms with E-state index in [2.05, 4.69) is 160 Å². The maximum Gasteiger partial charge on any atom is 0.361 e. The Balaban J connectivity index is 4.17. The van der Waals surface area contributed by atoms with Gasteiger partial charge in [-0.2, -0.15) is 0 Å². The van der Waals surface area contributed by atoms with Crippen LogP contribution in [-0.4, -0.2) is 87.4 Å². The maximum absolute atomic E-state index is 12.9. The number of quaternary nitrogens is 1. The van der Waals surface area contributed by atoms with Gasteiger partial charge in [0, 0.05) is 12.8 Å². The second-order valence-corrected chi connectivity index (χ2v) is 20.9. The molecule has 0 radical (unpaired) electrons. The lowest BCUT2D eigenvalue weighted by atomic mass is 10.1. The Bertz CT molecular complexity index is 1780. The van der Waals surface area contributed by atoms with Gasteiger partial charge in [-0.05, 0) is 122 Å². The maximum atomic E-state index is 12.9. The number of rotatable bonds is 54. The van der Waals surface area contributed by atoms with Crippen LogP contribution < -0.4 is 0 Å². The van der Waals surface area contributed by atoms with Crippen LogP contribution >= 0.6 is 0 Å². The number of esters is 2. The number of ether oxygens (including phenoxy) is 4. The van der Waals surface area contributed by atoms with Gasteiger partial charge in [-0.25, -0.2) is 4.79 Å². The first-order chi connectivity index (χ1) is 38.1. The largest absolute Gasteiger partial charge is 0.477 e. The lowest BCUT2D eigenvalue weighted by Gasteiger charge is -2.25. The summed E-state index contributed by atoms with van der Waals surface area (Å²) in [6.07, 6.45) is 82.3. The molecule has 0 bridgehead atoms. The SMILES string of the molecule is CC/C=C\C/C=C\C/C=C\C/C=C\C/C=C\C/C=C\C/C=C\C/C=C\C/C=C\C/C=C\C/C=C\CCCCCCCCCC(=O)OC(COC(=O)CCCCCCC/C=C\CCCCC)COC(OCC[N+](C)(C)C)C(=O)O. The average Bonchev–Trinajstić information content (AvgIpc) is 3.41. The van der Waals surface area contributed by atoms with Crippen LogP contribution in [0.25, 0.3) is 0 Å². The van der Waals surface area contributed by atoms with E-state index >= 15 is 0 Å². The minimum absolute atomic E-state index is 0.177. The first-order valence-corrected chi connectivity index (χ1v) is 30.5. The summed E-state index contributed by atoms with van der Waals surface area (Å²) >= 11 is 0. The fraction of sp³-hybridized carbons (Fsp3) is 0.609. The summed E-state index contributed by atoms with van der Waals surface area (Å²) in [5.74, 6) is -2.05. The van der Waals surface area contributed by atoms with E-state index in [1.165, 1.54) is 44.9 Å². The molecule has 0 saturated heterocycles. The van der Waals surface area contributed by atoms with Crippen molar-refractivity contribution in [2.45, 2.75) is 225 Å². The summed E-state index contributed by atoms with van der Waals surface area (Å²) in [6, 6.07) is 0. The number of carboxylic acids is 1. The second-order valence-electron chi connectivity index (χ2n) is 20.9. The van der Waals surface area contributed by atoms with Gasteiger partial charge in [0.05, 0.1) is 34.4 Å². The van der Waals surface area contributed by atoms with E-state index in [1.807, 2.05) is 21.1 Å². The normalized spacial score (nSPS) is 13.8. The number of allylic oxidation sites excluding steroid dienone is 24. The van der Waals surface area contributed by atoms with E-state index in [4.69, 9.17) is 18.9 Å². The van der Waals surface area contributed by atoms with Gasteiger partial charge in [0.15, 0.2) is 6.10 Å². The summed E-state index contributed by atoms with van der Waals surface area (Å²) < 4.78 is 22.8. The van der Waals surface area contributed by atoms with Crippen LogP contribution in [0, 0.1) is 0 Å².